The zero-order chi connectivity index (χ0) is 23.0. The molecule has 4 heteroatoms. The molecule has 0 radical (unpaired) electrons. The van der Waals surface area contributed by atoms with Crippen molar-refractivity contribution in [1.29, 1.82) is 0 Å². The van der Waals surface area contributed by atoms with Gasteiger partial charge >= 0.3 is 0 Å². The molecule has 5 rings (SSSR count). The smallest absolute Gasteiger partial charge is 0.0266 e. The molecule has 1 fully saturated rings. The summed E-state index contributed by atoms with van der Waals surface area (Å²) in [7, 11) is -0.731. The minimum absolute atomic E-state index is 0.366. The maximum Gasteiger partial charge on any atom is 0.0266 e. The Morgan fingerprint density at radius 3 is 0.853 bits per heavy atom. The van der Waals surface area contributed by atoms with Gasteiger partial charge in [-0.2, -0.15) is 0 Å². The van der Waals surface area contributed by atoms with Crippen molar-refractivity contribution in [2.75, 3.05) is 38.8 Å². The molecule has 1 aliphatic heterocycles. The topological polar surface area (TPSA) is 6.48 Å². The molecule has 0 unspecified atom stereocenters. The quantitative estimate of drug-likeness (QED) is 0.334. The van der Waals surface area contributed by atoms with E-state index in [2.05, 4.69) is 131 Å². The fourth-order valence-corrected chi connectivity index (χ4v) is 9.27. The van der Waals surface area contributed by atoms with E-state index in [1.54, 1.807) is 0 Å². The van der Waals surface area contributed by atoms with Crippen molar-refractivity contribution in [3.63, 3.8) is 0 Å². The van der Waals surface area contributed by atoms with Crippen molar-refractivity contribution in [1.82, 2.24) is 9.80 Å². The number of hydrogen-bond donors (Lipinski definition) is 0. The SMILES string of the molecule is c1ccc(P(CN2CCN(CP(c3ccccc3)c3ccccc3)CC2)c2ccccc2)cc1. The summed E-state index contributed by atoms with van der Waals surface area (Å²) < 4.78 is 0. The molecule has 0 aromatic heterocycles. The van der Waals surface area contributed by atoms with Crippen LogP contribution in [0, 0.1) is 0 Å². The predicted octanol–water partition coefficient (Wildman–Crippen LogP) is 4.78. The zero-order valence-electron chi connectivity index (χ0n) is 19.6. The summed E-state index contributed by atoms with van der Waals surface area (Å²) in [5.41, 5.74) is 0. The zero-order valence-corrected chi connectivity index (χ0v) is 21.4. The van der Waals surface area contributed by atoms with Gasteiger partial charge in [-0.1, -0.05) is 121 Å². The lowest BCUT2D eigenvalue weighted by Crippen LogP contribution is -2.47. The van der Waals surface area contributed by atoms with Gasteiger partial charge in [-0.3, -0.25) is 9.80 Å². The van der Waals surface area contributed by atoms with E-state index in [1.165, 1.54) is 21.2 Å². The molecule has 34 heavy (non-hydrogen) atoms. The third-order valence-corrected chi connectivity index (χ3v) is 11.5. The molecule has 0 spiro atoms. The lowest BCUT2D eigenvalue weighted by Gasteiger charge is -2.38. The minimum atomic E-state index is -0.366. The third-order valence-electron chi connectivity index (χ3n) is 6.42. The van der Waals surface area contributed by atoms with Crippen molar-refractivity contribution in [2.24, 2.45) is 0 Å². The lowest BCUT2D eigenvalue weighted by atomic mass is 10.3. The van der Waals surface area contributed by atoms with E-state index in [1.807, 2.05) is 0 Å². The molecular formula is C30H32N2P2. The second-order valence-electron chi connectivity index (χ2n) is 8.72. The second-order valence-corrected chi connectivity index (χ2v) is 13.1. The van der Waals surface area contributed by atoms with Crippen molar-refractivity contribution in [2.45, 2.75) is 0 Å². The fourth-order valence-electron chi connectivity index (χ4n) is 4.53. The largest absolute Gasteiger partial charge is 0.296 e. The molecule has 0 bridgehead atoms. The van der Waals surface area contributed by atoms with Gasteiger partial charge in [-0.15, -0.1) is 0 Å². The molecular weight excluding hydrogens is 450 g/mol. The number of piperazine rings is 1. The van der Waals surface area contributed by atoms with Crippen molar-refractivity contribution in [3.8, 4) is 0 Å². The normalized spacial score (nSPS) is 15.1. The van der Waals surface area contributed by atoms with Crippen LogP contribution in [0.5, 0.6) is 0 Å². The van der Waals surface area contributed by atoms with Gasteiger partial charge in [0.2, 0.25) is 0 Å². The van der Waals surface area contributed by atoms with Gasteiger partial charge in [0, 0.05) is 38.8 Å². The highest BCUT2D eigenvalue weighted by Gasteiger charge is 2.24. The van der Waals surface area contributed by atoms with Crippen molar-refractivity contribution in [3.05, 3.63) is 121 Å². The molecule has 0 N–H and O–H groups in total. The average molecular weight is 483 g/mol. The molecule has 0 amide bonds. The van der Waals surface area contributed by atoms with Crippen LogP contribution in [-0.4, -0.2) is 48.6 Å². The highest BCUT2D eigenvalue weighted by Crippen LogP contribution is 2.36. The average Bonchev–Trinajstić information content (AvgIpc) is 2.93. The highest BCUT2D eigenvalue weighted by molar-refractivity contribution is 7.73. The number of hydrogen-bond acceptors (Lipinski definition) is 2. The number of rotatable bonds is 8. The van der Waals surface area contributed by atoms with E-state index in [4.69, 9.17) is 0 Å². The van der Waals surface area contributed by atoms with E-state index >= 15 is 0 Å². The van der Waals surface area contributed by atoms with Gasteiger partial charge in [0.05, 0.1) is 0 Å². The molecule has 4 aromatic carbocycles. The van der Waals surface area contributed by atoms with Crippen LogP contribution in [0.1, 0.15) is 0 Å². The first-order valence-corrected chi connectivity index (χ1v) is 15.1. The standard InChI is InChI=1S/C30H32N2P2/c1-5-13-27(14-6-1)33(28-15-7-2-8-16-28)25-31-21-23-32(24-22-31)26-34(29-17-9-3-10-18-29)30-19-11-4-12-20-30/h1-20H,21-26H2. The van der Waals surface area contributed by atoms with E-state index < -0.39 is 0 Å². The molecule has 1 heterocycles. The summed E-state index contributed by atoms with van der Waals surface area (Å²) >= 11 is 0. The number of nitrogens with zero attached hydrogens (tertiary/aromatic N) is 2. The van der Waals surface area contributed by atoms with Crippen molar-refractivity contribution < 1.29 is 0 Å². The van der Waals surface area contributed by atoms with Crippen LogP contribution in [-0.2, 0) is 0 Å². The van der Waals surface area contributed by atoms with Crippen LogP contribution >= 0.6 is 15.8 Å². The Labute approximate surface area is 206 Å². The Hall–Kier alpha value is -2.34. The molecule has 4 aromatic rings. The Morgan fingerprint density at radius 2 is 0.618 bits per heavy atom. The molecule has 0 saturated carbocycles. The van der Waals surface area contributed by atoms with Crippen molar-refractivity contribution >= 4 is 37.1 Å². The molecule has 0 atom stereocenters. The van der Waals surface area contributed by atoms with E-state index in [9.17, 15) is 0 Å². The Morgan fingerprint density at radius 1 is 0.382 bits per heavy atom. The monoisotopic (exact) mass is 482 g/mol. The van der Waals surface area contributed by atoms with E-state index in [0.29, 0.717) is 0 Å². The summed E-state index contributed by atoms with van der Waals surface area (Å²) in [5.74, 6) is 0. The maximum atomic E-state index is 2.69. The molecule has 0 aliphatic carbocycles. The van der Waals surface area contributed by atoms with Crippen LogP contribution in [0.25, 0.3) is 0 Å². The number of benzene rings is 4. The van der Waals surface area contributed by atoms with Crippen LogP contribution in [0.2, 0.25) is 0 Å². The van der Waals surface area contributed by atoms with Gasteiger partial charge < -0.3 is 0 Å². The first kappa shape index (κ1) is 23.4. The summed E-state index contributed by atoms with van der Waals surface area (Å²) in [5, 5.41) is 5.90. The van der Waals surface area contributed by atoms with E-state index in [-0.39, 0.29) is 15.8 Å². The maximum absolute atomic E-state index is 2.69. The molecule has 2 nitrogen and oxygen atoms in total. The Bertz CT molecular complexity index is 944. The summed E-state index contributed by atoms with van der Waals surface area (Å²) in [6.07, 6.45) is 2.28. The second kappa shape index (κ2) is 11.9. The van der Waals surface area contributed by atoms with Gasteiger partial charge in [-0.05, 0) is 37.1 Å². The van der Waals surface area contributed by atoms with Crippen LogP contribution in [0.4, 0.5) is 0 Å². The molecule has 172 valence electrons. The highest BCUT2D eigenvalue weighted by atomic mass is 31.1. The van der Waals surface area contributed by atoms with Gasteiger partial charge in [0.15, 0.2) is 0 Å². The van der Waals surface area contributed by atoms with Crippen LogP contribution < -0.4 is 21.2 Å². The Balaban J connectivity index is 1.25. The third kappa shape index (κ3) is 6.01. The fraction of sp³-hybridized carbons (Fsp3) is 0.200. The summed E-state index contributed by atoms with van der Waals surface area (Å²) in [6, 6.07) is 44.4. The Kier molecular flexibility index (Phi) is 8.17. The first-order chi connectivity index (χ1) is 16.9. The van der Waals surface area contributed by atoms with Gasteiger partial charge in [0.1, 0.15) is 0 Å². The van der Waals surface area contributed by atoms with Crippen LogP contribution in [0.15, 0.2) is 121 Å². The van der Waals surface area contributed by atoms with Gasteiger partial charge in [-0.25, -0.2) is 0 Å². The molecule has 1 saturated heterocycles. The first-order valence-electron chi connectivity index (χ1n) is 12.1. The van der Waals surface area contributed by atoms with Gasteiger partial charge in [0.25, 0.3) is 0 Å². The summed E-state index contributed by atoms with van der Waals surface area (Å²) in [6.45, 7) is 4.58. The lowest BCUT2D eigenvalue weighted by molar-refractivity contribution is 0.167. The minimum Gasteiger partial charge on any atom is -0.296 e. The van der Waals surface area contributed by atoms with E-state index in [0.717, 1.165) is 38.8 Å². The van der Waals surface area contributed by atoms with Crippen LogP contribution in [0.3, 0.4) is 0 Å². The predicted molar refractivity (Wildman–Crippen MR) is 151 cm³/mol. The summed E-state index contributed by atoms with van der Waals surface area (Å²) in [4.78, 5) is 5.38. The molecule has 1 aliphatic rings.